The summed E-state index contributed by atoms with van der Waals surface area (Å²) in [4.78, 5) is 28.0. The molecule has 1 aromatic rings. The first-order valence-electron chi connectivity index (χ1n) is 16.6. The zero-order chi connectivity index (χ0) is 29.0. The van der Waals surface area contributed by atoms with Gasteiger partial charge < -0.3 is 19.7 Å². The van der Waals surface area contributed by atoms with Crippen molar-refractivity contribution in [2.45, 2.75) is 129 Å². The van der Waals surface area contributed by atoms with E-state index in [9.17, 15) is 9.59 Å². The summed E-state index contributed by atoms with van der Waals surface area (Å²) in [5.41, 5.74) is 0.0765. The summed E-state index contributed by atoms with van der Waals surface area (Å²) < 4.78 is 14.0. The molecule has 1 N–H and O–H groups in total. The van der Waals surface area contributed by atoms with Gasteiger partial charge in [0.15, 0.2) is 0 Å². The third-order valence-corrected chi connectivity index (χ3v) is 10.1. The van der Waals surface area contributed by atoms with Crippen molar-refractivity contribution in [3.05, 3.63) is 11.8 Å². The number of hydrogen-bond acceptors (Lipinski definition) is 5. The SMILES string of the molecule is CC(NC(=O)c1cnn(CC2CCN(C(=O)OC(C)(C)C)CC2)c1OCC1CCCCC1)C1CC2CCCC(C2)C1. The molecule has 0 radical (unpaired) electrons. The van der Waals surface area contributed by atoms with E-state index in [1.165, 1.54) is 70.6 Å². The number of likely N-dealkylation sites (tertiary alicyclic amines) is 1. The summed E-state index contributed by atoms with van der Waals surface area (Å²) in [6, 6.07) is 0.151. The van der Waals surface area contributed by atoms with Crippen LogP contribution in [-0.2, 0) is 11.3 Å². The van der Waals surface area contributed by atoms with E-state index in [2.05, 4.69) is 17.3 Å². The van der Waals surface area contributed by atoms with Crippen LogP contribution in [0.15, 0.2) is 6.20 Å². The van der Waals surface area contributed by atoms with Crippen LogP contribution in [-0.4, -0.2) is 58.0 Å². The zero-order valence-corrected chi connectivity index (χ0v) is 26.0. The van der Waals surface area contributed by atoms with Crippen molar-refractivity contribution in [1.29, 1.82) is 0 Å². The van der Waals surface area contributed by atoms with E-state index in [-0.39, 0.29) is 18.0 Å². The van der Waals surface area contributed by atoms with Crippen LogP contribution in [0.5, 0.6) is 5.88 Å². The van der Waals surface area contributed by atoms with Crippen molar-refractivity contribution in [3.63, 3.8) is 0 Å². The number of aromatic nitrogens is 2. The number of carbonyl (C=O) groups excluding carboxylic acids is 2. The van der Waals surface area contributed by atoms with E-state index in [0.29, 0.717) is 55.4 Å². The highest BCUT2D eigenvalue weighted by molar-refractivity contribution is 5.96. The highest BCUT2D eigenvalue weighted by Gasteiger charge is 2.35. The molecule has 41 heavy (non-hydrogen) atoms. The van der Waals surface area contributed by atoms with Gasteiger partial charge >= 0.3 is 6.09 Å². The van der Waals surface area contributed by atoms with Crippen LogP contribution in [0.25, 0.3) is 0 Å². The lowest BCUT2D eigenvalue weighted by Crippen LogP contribution is -2.42. The molecule has 0 spiro atoms. The molecule has 3 aliphatic carbocycles. The third-order valence-electron chi connectivity index (χ3n) is 10.1. The summed E-state index contributed by atoms with van der Waals surface area (Å²) in [7, 11) is 0. The number of piperidine rings is 1. The molecule has 4 fully saturated rings. The second-order valence-corrected chi connectivity index (χ2v) is 14.7. The molecule has 8 heteroatoms. The molecular weight excluding hydrogens is 516 g/mol. The molecule has 4 aliphatic rings. The largest absolute Gasteiger partial charge is 0.477 e. The highest BCUT2D eigenvalue weighted by Crippen LogP contribution is 2.43. The van der Waals surface area contributed by atoms with E-state index >= 15 is 0 Å². The Morgan fingerprint density at radius 3 is 2.29 bits per heavy atom. The number of ether oxygens (including phenoxy) is 2. The van der Waals surface area contributed by atoms with Crippen molar-refractivity contribution >= 4 is 12.0 Å². The van der Waals surface area contributed by atoms with Crippen LogP contribution in [0, 0.1) is 29.6 Å². The van der Waals surface area contributed by atoms with Crippen LogP contribution >= 0.6 is 0 Å². The van der Waals surface area contributed by atoms with Crippen molar-refractivity contribution < 1.29 is 19.1 Å². The minimum absolute atomic E-state index is 0.0575. The normalized spacial score (nSPS) is 26.8. The third kappa shape index (κ3) is 8.19. The number of carbonyl (C=O) groups is 2. The average Bonchev–Trinajstić information content (AvgIpc) is 3.34. The molecule has 5 rings (SSSR count). The second kappa shape index (κ2) is 13.4. The first kappa shape index (κ1) is 30.2. The predicted octanol–water partition coefficient (Wildman–Crippen LogP) is 6.82. The van der Waals surface area contributed by atoms with Crippen molar-refractivity contribution in [3.8, 4) is 5.88 Å². The van der Waals surface area contributed by atoms with E-state index in [0.717, 1.165) is 24.7 Å². The van der Waals surface area contributed by atoms with Gasteiger partial charge in [-0.3, -0.25) is 4.79 Å². The van der Waals surface area contributed by atoms with Crippen molar-refractivity contribution in [1.82, 2.24) is 20.0 Å². The Morgan fingerprint density at radius 1 is 0.951 bits per heavy atom. The molecule has 8 nitrogen and oxygen atoms in total. The fraction of sp³-hybridized carbons (Fsp3) is 0.848. The number of nitrogens with zero attached hydrogens (tertiary/aromatic N) is 3. The van der Waals surface area contributed by atoms with Gasteiger partial charge in [-0.1, -0.05) is 38.5 Å². The fourth-order valence-electron chi connectivity index (χ4n) is 7.83. The Labute approximate surface area is 247 Å². The smallest absolute Gasteiger partial charge is 0.410 e. The Morgan fingerprint density at radius 2 is 1.63 bits per heavy atom. The molecular formula is C33H54N4O4. The molecule has 3 saturated carbocycles. The van der Waals surface area contributed by atoms with Gasteiger partial charge in [-0.2, -0.15) is 5.10 Å². The standard InChI is InChI=1S/C33H54N4O4/c1-23(28-18-26-11-8-12-27(17-26)19-28)35-30(38)29-20-34-37(31(29)40-22-25-9-6-5-7-10-25)21-24-13-15-36(16-14-24)32(39)41-33(2,3)4/h20,23-28H,5-19,21-22H2,1-4H3,(H,35,38). The Balaban J connectivity index is 1.22. The van der Waals surface area contributed by atoms with Crippen LogP contribution < -0.4 is 10.1 Å². The number of nitrogens with one attached hydrogen (secondary N) is 1. The lowest BCUT2D eigenvalue weighted by atomic mass is 9.66. The fourth-order valence-corrected chi connectivity index (χ4v) is 7.83. The van der Waals surface area contributed by atoms with Gasteiger partial charge in [0.1, 0.15) is 11.2 Å². The summed E-state index contributed by atoms with van der Waals surface area (Å²) in [6.07, 6.45) is 17.4. The van der Waals surface area contributed by atoms with Crippen molar-refractivity contribution in [2.75, 3.05) is 19.7 Å². The summed E-state index contributed by atoms with van der Waals surface area (Å²) in [6.45, 7) is 10.6. The van der Waals surface area contributed by atoms with Gasteiger partial charge in [0.2, 0.25) is 5.88 Å². The first-order valence-corrected chi connectivity index (χ1v) is 16.6. The molecule has 2 bridgehead atoms. The molecule has 1 saturated heterocycles. The Bertz CT molecular complexity index is 1010. The van der Waals surface area contributed by atoms with Crippen LogP contribution in [0.4, 0.5) is 4.79 Å². The van der Waals surface area contributed by atoms with Crippen molar-refractivity contribution in [2.24, 2.45) is 29.6 Å². The molecule has 1 aliphatic heterocycles. The van der Waals surface area contributed by atoms with Crippen LogP contribution in [0.1, 0.15) is 122 Å². The number of amides is 2. The minimum Gasteiger partial charge on any atom is -0.477 e. The second-order valence-electron chi connectivity index (χ2n) is 14.7. The predicted molar refractivity (Wildman–Crippen MR) is 160 cm³/mol. The average molecular weight is 571 g/mol. The summed E-state index contributed by atoms with van der Waals surface area (Å²) in [5, 5.41) is 8.05. The van der Waals surface area contributed by atoms with E-state index in [4.69, 9.17) is 9.47 Å². The maximum absolute atomic E-state index is 13.7. The molecule has 1 aromatic heterocycles. The van der Waals surface area contributed by atoms with Gasteiger partial charge in [0, 0.05) is 25.7 Å². The van der Waals surface area contributed by atoms with E-state index in [1.807, 2.05) is 30.4 Å². The number of fused-ring (bicyclic) bond motifs is 2. The highest BCUT2D eigenvalue weighted by atomic mass is 16.6. The lowest BCUT2D eigenvalue weighted by molar-refractivity contribution is 0.0175. The molecule has 3 unspecified atom stereocenters. The van der Waals surface area contributed by atoms with Gasteiger partial charge in [-0.25, -0.2) is 9.48 Å². The maximum Gasteiger partial charge on any atom is 0.410 e. The topological polar surface area (TPSA) is 85.7 Å². The molecule has 0 aromatic carbocycles. The molecule has 230 valence electrons. The van der Waals surface area contributed by atoms with Gasteiger partial charge in [-0.15, -0.1) is 0 Å². The van der Waals surface area contributed by atoms with Crippen LogP contribution in [0.3, 0.4) is 0 Å². The van der Waals surface area contributed by atoms with E-state index in [1.54, 1.807) is 6.20 Å². The quantitative estimate of drug-likeness (QED) is 0.371. The summed E-state index contributed by atoms with van der Waals surface area (Å²) >= 11 is 0. The molecule has 2 amide bonds. The zero-order valence-electron chi connectivity index (χ0n) is 26.0. The maximum atomic E-state index is 13.7. The molecule has 3 atom stereocenters. The lowest BCUT2D eigenvalue weighted by Gasteiger charge is -2.41. The van der Waals surface area contributed by atoms with E-state index < -0.39 is 5.60 Å². The minimum atomic E-state index is -0.488. The number of hydrogen-bond donors (Lipinski definition) is 1. The molecule has 2 heterocycles. The Hall–Kier alpha value is -2.25. The van der Waals surface area contributed by atoms with Gasteiger partial charge in [0.05, 0.1) is 12.8 Å². The number of rotatable bonds is 8. The monoisotopic (exact) mass is 570 g/mol. The van der Waals surface area contributed by atoms with Gasteiger partial charge in [-0.05, 0) is 102 Å². The first-order chi connectivity index (χ1) is 19.6. The van der Waals surface area contributed by atoms with Crippen LogP contribution in [0.2, 0.25) is 0 Å². The summed E-state index contributed by atoms with van der Waals surface area (Å²) in [5.74, 6) is 3.70. The Kier molecular flexibility index (Phi) is 9.85. The van der Waals surface area contributed by atoms with Gasteiger partial charge in [0.25, 0.3) is 5.91 Å².